The first-order valence-corrected chi connectivity index (χ1v) is 10.0. The Balaban J connectivity index is 2.07. The van der Waals surface area contributed by atoms with E-state index in [0.717, 1.165) is 44.7 Å². The van der Waals surface area contributed by atoms with Gasteiger partial charge in [-0.3, -0.25) is 0 Å². The fraction of sp³-hybridized carbons (Fsp3) is 0.571. The van der Waals surface area contributed by atoms with Crippen LogP contribution in [0.15, 0.2) is 42.3 Å². The molecule has 0 unspecified atom stereocenters. The lowest BCUT2D eigenvalue weighted by atomic mass is 9.59. The van der Waals surface area contributed by atoms with Crippen LogP contribution in [0.5, 0.6) is 0 Å². The molecule has 1 fully saturated rings. The van der Waals surface area contributed by atoms with Crippen molar-refractivity contribution in [2.24, 2.45) is 0 Å². The second-order valence-corrected chi connectivity index (χ2v) is 6.94. The number of cyclic esters (lactones) is 1. The summed E-state index contributed by atoms with van der Waals surface area (Å²) < 4.78 is 11.7. The predicted octanol–water partition coefficient (Wildman–Crippen LogP) is 5.52. The third kappa shape index (κ3) is 5.82. The highest BCUT2D eigenvalue weighted by atomic mass is 16.6. The minimum atomic E-state index is -0.302. The number of carbonyl (C=O) groups excluding carboxylic acids is 1. The van der Waals surface area contributed by atoms with Gasteiger partial charge in [0.2, 0.25) is 0 Å². The minimum Gasteiger partial charge on any atom is -0.549 e. The van der Waals surface area contributed by atoms with Crippen LogP contribution in [0, 0.1) is 0 Å². The Bertz CT molecular complexity index is 568. The molecule has 0 N–H and O–H groups in total. The van der Waals surface area contributed by atoms with Gasteiger partial charge in [-0.05, 0) is 37.6 Å². The van der Waals surface area contributed by atoms with E-state index in [1.165, 1.54) is 5.56 Å². The zero-order valence-corrected chi connectivity index (χ0v) is 16.4. The summed E-state index contributed by atoms with van der Waals surface area (Å²) in [6, 6.07) is 10.2. The first kappa shape index (κ1) is 20.4. The third-order valence-corrected chi connectivity index (χ3v) is 4.81. The molecule has 0 aliphatic carbocycles. The topological polar surface area (TPSA) is 38.8 Å². The molecule has 26 heavy (non-hydrogen) atoms. The van der Waals surface area contributed by atoms with Crippen molar-refractivity contribution in [3.05, 3.63) is 47.9 Å². The lowest BCUT2D eigenvalue weighted by molar-refractivity contribution is 0.152. The maximum Gasteiger partial charge on any atom is 0.417 e. The monoisotopic (exact) mass is 357 g/mol. The third-order valence-electron chi connectivity index (χ3n) is 4.81. The summed E-state index contributed by atoms with van der Waals surface area (Å²) in [6.07, 6.45) is 9.01. The molecule has 1 aromatic rings. The lowest BCUT2D eigenvalue weighted by Gasteiger charge is -2.27. The van der Waals surface area contributed by atoms with Crippen LogP contribution >= 0.6 is 0 Å². The summed E-state index contributed by atoms with van der Waals surface area (Å²) in [5.74, 6) is 0.644. The van der Waals surface area contributed by atoms with Crippen molar-refractivity contribution in [3.63, 3.8) is 0 Å². The van der Waals surface area contributed by atoms with Crippen LogP contribution in [0.1, 0.15) is 52.0 Å². The van der Waals surface area contributed by atoms with E-state index in [1.807, 2.05) is 31.2 Å². The van der Waals surface area contributed by atoms with Gasteiger partial charge in [-0.1, -0.05) is 69.9 Å². The molecular formula is C21H32BNO3. The first-order valence-electron chi connectivity index (χ1n) is 10.0. The number of hydrogen-bond acceptors (Lipinski definition) is 3. The van der Waals surface area contributed by atoms with E-state index >= 15 is 0 Å². The molecule has 1 amide bonds. The van der Waals surface area contributed by atoms with Crippen LogP contribution < -0.4 is 0 Å². The number of hydrogen-bond donors (Lipinski definition) is 0. The molecule has 1 aliphatic heterocycles. The maximum atomic E-state index is 12.4. The van der Waals surface area contributed by atoms with Crippen molar-refractivity contribution in [3.8, 4) is 0 Å². The van der Waals surface area contributed by atoms with Gasteiger partial charge >= 0.3 is 13.0 Å². The summed E-state index contributed by atoms with van der Waals surface area (Å²) >= 11 is 0. The molecule has 2 rings (SSSR count). The van der Waals surface area contributed by atoms with Crippen molar-refractivity contribution >= 4 is 13.0 Å². The summed E-state index contributed by atoms with van der Waals surface area (Å²) in [5, 5.41) is 0. The number of rotatable bonds is 11. The Morgan fingerprint density at radius 3 is 2.46 bits per heavy atom. The van der Waals surface area contributed by atoms with Gasteiger partial charge in [0.15, 0.2) is 5.88 Å². The number of ether oxygens (including phenoxy) is 1. The van der Waals surface area contributed by atoms with E-state index in [-0.39, 0.29) is 19.1 Å². The van der Waals surface area contributed by atoms with Crippen molar-refractivity contribution in [1.82, 2.24) is 4.90 Å². The van der Waals surface area contributed by atoms with Crippen LogP contribution in [-0.2, 0) is 15.8 Å². The van der Waals surface area contributed by atoms with E-state index in [9.17, 15) is 4.79 Å². The van der Waals surface area contributed by atoms with Crippen LogP contribution in [0.2, 0.25) is 12.6 Å². The molecular weight excluding hydrogens is 325 g/mol. The molecule has 142 valence electrons. The molecule has 1 aromatic carbocycles. The molecule has 5 heteroatoms. The molecule has 4 nitrogen and oxygen atoms in total. The van der Waals surface area contributed by atoms with Gasteiger partial charge in [0.25, 0.3) is 0 Å². The highest BCUT2D eigenvalue weighted by Crippen LogP contribution is 2.25. The lowest BCUT2D eigenvalue weighted by Crippen LogP contribution is -2.37. The number of nitrogens with zero attached hydrogens (tertiary/aromatic N) is 1. The Hall–Kier alpha value is -1.91. The molecule has 0 spiro atoms. The largest absolute Gasteiger partial charge is 0.549 e. The van der Waals surface area contributed by atoms with Gasteiger partial charge in [0.05, 0.1) is 6.04 Å². The molecule has 1 atom stereocenters. The summed E-state index contributed by atoms with van der Waals surface area (Å²) in [7, 11) is 0. The average Bonchev–Trinajstić information content (AvgIpc) is 3.02. The average molecular weight is 357 g/mol. The molecule has 0 radical (unpaired) electrons. The summed E-state index contributed by atoms with van der Waals surface area (Å²) in [5.41, 5.74) is 1.20. The molecule has 0 saturated carbocycles. The molecule has 0 aromatic heterocycles. The van der Waals surface area contributed by atoms with E-state index in [1.54, 1.807) is 4.90 Å². The normalized spacial score (nSPS) is 17.3. The van der Waals surface area contributed by atoms with Crippen molar-refractivity contribution in [1.29, 1.82) is 0 Å². The van der Waals surface area contributed by atoms with Gasteiger partial charge < -0.3 is 9.39 Å². The van der Waals surface area contributed by atoms with Crippen molar-refractivity contribution in [2.75, 3.05) is 6.61 Å². The summed E-state index contributed by atoms with van der Waals surface area (Å²) in [4.78, 5) is 14.1. The highest BCUT2D eigenvalue weighted by Gasteiger charge is 2.37. The smallest absolute Gasteiger partial charge is 0.417 e. The molecule has 1 heterocycles. The molecule has 1 saturated heterocycles. The van der Waals surface area contributed by atoms with E-state index in [2.05, 4.69) is 26.0 Å². The second kappa shape index (κ2) is 10.9. The Labute approximate surface area is 158 Å². The number of carbonyl (C=O) groups is 1. The number of amides is 1. The Morgan fingerprint density at radius 1 is 1.23 bits per heavy atom. The van der Waals surface area contributed by atoms with Crippen LogP contribution in [0.25, 0.3) is 0 Å². The predicted molar refractivity (Wildman–Crippen MR) is 107 cm³/mol. The van der Waals surface area contributed by atoms with Gasteiger partial charge in [0.1, 0.15) is 6.61 Å². The van der Waals surface area contributed by atoms with Crippen LogP contribution in [-0.4, -0.2) is 30.6 Å². The van der Waals surface area contributed by atoms with E-state index in [0.29, 0.717) is 12.5 Å². The fourth-order valence-electron chi connectivity index (χ4n) is 3.33. The Kier molecular flexibility index (Phi) is 8.59. The zero-order chi connectivity index (χ0) is 18.8. The van der Waals surface area contributed by atoms with Gasteiger partial charge in [-0.25, -0.2) is 9.69 Å². The van der Waals surface area contributed by atoms with E-state index < -0.39 is 0 Å². The quantitative estimate of drug-likeness (QED) is 0.387. The molecule has 1 aliphatic rings. The van der Waals surface area contributed by atoms with Crippen LogP contribution in [0.3, 0.4) is 0 Å². The number of unbranched alkanes of at least 4 members (excludes halogenated alkanes) is 2. The standard InChI is InChI=1S/C21H32BNO3/c1-4-7-14-22(15-8-5-2)26-20(6-3)23-19(17-25-21(23)24)16-18-12-10-9-11-13-18/h6,9-13,19H,4-5,7-8,14-17H2,1-3H3/b20-6+/t19-/m0/s1. The van der Waals surface area contributed by atoms with Gasteiger partial charge in [-0.15, -0.1) is 0 Å². The fourth-order valence-corrected chi connectivity index (χ4v) is 3.33. The highest BCUT2D eigenvalue weighted by molar-refractivity contribution is 6.52. The van der Waals surface area contributed by atoms with Crippen molar-refractivity contribution < 1.29 is 14.2 Å². The van der Waals surface area contributed by atoms with E-state index in [4.69, 9.17) is 9.39 Å². The zero-order valence-electron chi connectivity index (χ0n) is 16.4. The minimum absolute atomic E-state index is 0.0194. The first-order chi connectivity index (χ1) is 12.7. The van der Waals surface area contributed by atoms with Gasteiger partial charge in [0, 0.05) is 0 Å². The second-order valence-electron chi connectivity index (χ2n) is 6.94. The number of benzene rings is 1. The number of allylic oxidation sites excluding steroid dienone is 1. The molecule has 0 bridgehead atoms. The SMILES string of the molecule is C/C=C(/OB(CCCC)CCCC)N1C(=O)OC[C@@H]1Cc1ccccc1. The Morgan fingerprint density at radius 2 is 1.88 bits per heavy atom. The summed E-state index contributed by atoms with van der Waals surface area (Å²) in [6.45, 7) is 6.88. The maximum absolute atomic E-state index is 12.4. The van der Waals surface area contributed by atoms with Crippen molar-refractivity contribution in [2.45, 2.75) is 71.6 Å². The van der Waals surface area contributed by atoms with Crippen LogP contribution in [0.4, 0.5) is 4.79 Å². The van der Waals surface area contributed by atoms with Gasteiger partial charge in [-0.2, -0.15) is 0 Å².